The Morgan fingerprint density at radius 2 is 1.66 bits per heavy atom. The van der Waals surface area contributed by atoms with Crippen molar-refractivity contribution in [2.75, 3.05) is 14.1 Å². The molecule has 29 heavy (non-hydrogen) atoms. The zero-order valence-electron chi connectivity index (χ0n) is 16.5. The van der Waals surface area contributed by atoms with Crippen molar-refractivity contribution in [1.82, 2.24) is 14.7 Å². The molecule has 1 heterocycles. The van der Waals surface area contributed by atoms with Crippen LogP contribution in [0.3, 0.4) is 0 Å². The molecule has 0 spiro atoms. The third-order valence-corrected chi connectivity index (χ3v) is 4.82. The van der Waals surface area contributed by atoms with E-state index in [1.807, 2.05) is 36.4 Å². The summed E-state index contributed by atoms with van der Waals surface area (Å²) < 4.78 is 7.15. The maximum Gasteiger partial charge on any atom is 0.344 e. The highest BCUT2D eigenvalue weighted by Crippen LogP contribution is 2.26. The molecule has 0 fully saturated rings. The van der Waals surface area contributed by atoms with E-state index in [0.717, 1.165) is 5.56 Å². The van der Waals surface area contributed by atoms with Crippen LogP contribution in [0.2, 0.25) is 5.15 Å². The summed E-state index contributed by atoms with van der Waals surface area (Å²) in [6.45, 7) is 2.11. The molecule has 0 bridgehead atoms. The topological polar surface area (TPSA) is 64.4 Å². The SMILES string of the molecule is Cc1nn(Cc2ccccc2)c(Cl)c1C(=O)OC(C(=O)N(C)C)c1ccccc1. The molecule has 0 saturated heterocycles. The van der Waals surface area contributed by atoms with Crippen LogP contribution in [0.25, 0.3) is 0 Å². The van der Waals surface area contributed by atoms with Gasteiger partial charge in [-0.2, -0.15) is 5.10 Å². The van der Waals surface area contributed by atoms with E-state index in [0.29, 0.717) is 17.8 Å². The van der Waals surface area contributed by atoms with Gasteiger partial charge in [-0.25, -0.2) is 9.48 Å². The number of amides is 1. The standard InChI is InChI=1S/C22H22ClN3O3/c1-15-18(20(23)26(24-15)14-16-10-6-4-7-11-16)22(28)29-19(21(27)25(2)3)17-12-8-5-9-13-17/h4-13,19H,14H2,1-3H3. The highest BCUT2D eigenvalue weighted by atomic mass is 35.5. The minimum atomic E-state index is -1.06. The number of rotatable bonds is 6. The highest BCUT2D eigenvalue weighted by Gasteiger charge is 2.30. The molecule has 6 nitrogen and oxygen atoms in total. The molecule has 2 aromatic carbocycles. The van der Waals surface area contributed by atoms with Gasteiger partial charge in [0.15, 0.2) is 0 Å². The molecule has 7 heteroatoms. The summed E-state index contributed by atoms with van der Waals surface area (Å²) >= 11 is 6.45. The number of halogens is 1. The Hall–Kier alpha value is -3.12. The molecule has 0 aliphatic heterocycles. The molecular weight excluding hydrogens is 390 g/mol. The van der Waals surface area contributed by atoms with E-state index in [2.05, 4.69) is 5.10 Å². The summed E-state index contributed by atoms with van der Waals surface area (Å²) in [7, 11) is 3.23. The van der Waals surface area contributed by atoms with Crippen molar-refractivity contribution in [3.63, 3.8) is 0 Å². The Balaban J connectivity index is 1.88. The van der Waals surface area contributed by atoms with Gasteiger partial charge in [0.25, 0.3) is 5.91 Å². The number of aromatic nitrogens is 2. The van der Waals surface area contributed by atoms with Gasteiger partial charge < -0.3 is 9.64 Å². The first-order chi connectivity index (χ1) is 13.9. The molecule has 1 atom stereocenters. The molecule has 0 saturated carbocycles. The lowest BCUT2D eigenvalue weighted by Gasteiger charge is -2.21. The van der Waals surface area contributed by atoms with Gasteiger partial charge >= 0.3 is 5.97 Å². The average Bonchev–Trinajstić information content (AvgIpc) is 3.00. The number of carbonyl (C=O) groups is 2. The Kier molecular flexibility index (Phi) is 6.34. The molecule has 3 aromatic rings. The maximum atomic E-state index is 12.9. The van der Waals surface area contributed by atoms with Crippen molar-refractivity contribution in [3.05, 3.63) is 88.2 Å². The highest BCUT2D eigenvalue weighted by molar-refractivity contribution is 6.32. The summed E-state index contributed by atoms with van der Waals surface area (Å²) in [5.74, 6) is -1.02. The van der Waals surface area contributed by atoms with Gasteiger partial charge in [-0.1, -0.05) is 72.3 Å². The van der Waals surface area contributed by atoms with Crippen LogP contribution in [-0.2, 0) is 16.1 Å². The van der Waals surface area contributed by atoms with Gasteiger partial charge in [-0.3, -0.25) is 4.79 Å². The van der Waals surface area contributed by atoms with Crippen molar-refractivity contribution in [2.24, 2.45) is 0 Å². The summed E-state index contributed by atoms with van der Waals surface area (Å²) in [5.41, 5.74) is 2.20. The number of nitrogens with zero attached hydrogens (tertiary/aromatic N) is 3. The van der Waals surface area contributed by atoms with Crippen molar-refractivity contribution in [1.29, 1.82) is 0 Å². The number of ether oxygens (including phenoxy) is 1. The van der Waals surface area contributed by atoms with Gasteiger partial charge in [0, 0.05) is 19.7 Å². The Labute approximate surface area is 174 Å². The fraction of sp³-hybridized carbons (Fsp3) is 0.227. The van der Waals surface area contributed by atoms with Crippen LogP contribution >= 0.6 is 11.6 Å². The Bertz CT molecular complexity index is 1000. The predicted molar refractivity (Wildman–Crippen MR) is 111 cm³/mol. The Morgan fingerprint density at radius 3 is 2.24 bits per heavy atom. The number of esters is 1. The molecule has 1 unspecified atom stereocenters. The van der Waals surface area contributed by atoms with Crippen LogP contribution in [0.4, 0.5) is 0 Å². The fourth-order valence-corrected chi connectivity index (χ4v) is 3.25. The molecular formula is C22H22ClN3O3. The van der Waals surface area contributed by atoms with E-state index in [4.69, 9.17) is 16.3 Å². The molecule has 150 valence electrons. The molecule has 1 aromatic heterocycles. The van der Waals surface area contributed by atoms with Crippen LogP contribution in [0.15, 0.2) is 60.7 Å². The van der Waals surface area contributed by atoms with Gasteiger partial charge in [0.2, 0.25) is 6.10 Å². The van der Waals surface area contributed by atoms with Crippen molar-refractivity contribution in [2.45, 2.75) is 19.6 Å². The summed E-state index contributed by atoms with van der Waals surface area (Å²) in [4.78, 5) is 26.9. The van der Waals surface area contributed by atoms with Gasteiger partial charge in [0.1, 0.15) is 10.7 Å². The van der Waals surface area contributed by atoms with Gasteiger partial charge in [-0.15, -0.1) is 0 Å². The lowest BCUT2D eigenvalue weighted by atomic mass is 10.1. The number of hydrogen-bond acceptors (Lipinski definition) is 4. The number of hydrogen-bond donors (Lipinski definition) is 0. The van der Waals surface area contributed by atoms with E-state index in [9.17, 15) is 9.59 Å². The fourth-order valence-electron chi connectivity index (χ4n) is 2.94. The molecule has 1 amide bonds. The third kappa shape index (κ3) is 4.66. The minimum absolute atomic E-state index is 0.162. The van der Waals surface area contributed by atoms with E-state index in [1.54, 1.807) is 50.0 Å². The van der Waals surface area contributed by atoms with Crippen molar-refractivity contribution < 1.29 is 14.3 Å². The molecule has 0 N–H and O–H groups in total. The second-order valence-corrected chi connectivity index (χ2v) is 7.18. The van der Waals surface area contributed by atoms with Crippen LogP contribution < -0.4 is 0 Å². The second kappa shape index (κ2) is 8.92. The molecule has 0 aliphatic carbocycles. The lowest BCUT2D eigenvalue weighted by Crippen LogP contribution is -2.31. The lowest BCUT2D eigenvalue weighted by molar-refractivity contribution is -0.138. The zero-order chi connectivity index (χ0) is 21.0. The first-order valence-electron chi connectivity index (χ1n) is 9.12. The maximum absolute atomic E-state index is 12.9. The first kappa shape index (κ1) is 20.6. The molecule has 3 rings (SSSR count). The van der Waals surface area contributed by atoms with Crippen molar-refractivity contribution >= 4 is 23.5 Å². The summed E-state index contributed by atoms with van der Waals surface area (Å²) in [6.07, 6.45) is -1.06. The quantitative estimate of drug-likeness (QED) is 0.577. The number of aryl methyl sites for hydroxylation is 1. The predicted octanol–water partition coefficient (Wildman–Crippen LogP) is 3.88. The van der Waals surface area contributed by atoms with E-state index in [-0.39, 0.29) is 16.6 Å². The largest absolute Gasteiger partial charge is 0.444 e. The van der Waals surface area contributed by atoms with Crippen LogP contribution in [-0.4, -0.2) is 40.7 Å². The second-order valence-electron chi connectivity index (χ2n) is 6.82. The summed E-state index contributed by atoms with van der Waals surface area (Å²) in [6, 6.07) is 18.6. The zero-order valence-corrected chi connectivity index (χ0v) is 17.3. The van der Waals surface area contributed by atoms with Gasteiger partial charge in [0.05, 0.1) is 12.2 Å². The van der Waals surface area contributed by atoms with E-state index >= 15 is 0 Å². The smallest absolute Gasteiger partial charge is 0.344 e. The first-order valence-corrected chi connectivity index (χ1v) is 9.50. The number of carbonyl (C=O) groups excluding carboxylic acids is 2. The van der Waals surface area contributed by atoms with Crippen LogP contribution in [0.1, 0.15) is 33.3 Å². The molecule has 0 aliphatic rings. The normalized spacial score (nSPS) is 11.7. The third-order valence-electron chi connectivity index (χ3n) is 4.44. The van der Waals surface area contributed by atoms with E-state index < -0.39 is 12.1 Å². The molecule has 0 radical (unpaired) electrons. The van der Waals surface area contributed by atoms with Crippen LogP contribution in [0.5, 0.6) is 0 Å². The number of likely N-dealkylation sites (N-methyl/N-ethyl adjacent to an activating group) is 1. The van der Waals surface area contributed by atoms with Crippen molar-refractivity contribution in [3.8, 4) is 0 Å². The van der Waals surface area contributed by atoms with Gasteiger partial charge in [-0.05, 0) is 12.5 Å². The number of benzene rings is 2. The Morgan fingerprint density at radius 1 is 1.07 bits per heavy atom. The van der Waals surface area contributed by atoms with E-state index in [1.165, 1.54) is 4.90 Å². The average molecular weight is 412 g/mol. The summed E-state index contributed by atoms with van der Waals surface area (Å²) in [5, 5.41) is 4.56. The minimum Gasteiger partial charge on any atom is -0.444 e. The van der Waals surface area contributed by atoms with Crippen LogP contribution in [0, 0.1) is 6.92 Å². The monoisotopic (exact) mass is 411 g/mol.